The fourth-order valence-corrected chi connectivity index (χ4v) is 3.03. The lowest BCUT2D eigenvalue weighted by atomic mass is 10.1. The van der Waals surface area contributed by atoms with Crippen LogP contribution in [0.3, 0.4) is 0 Å². The van der Waals surface area contributed by atoms with Gasteiger partial charge in [0.1, 0.15) is 5.75 Å². The molecule has 1 heterocycles. The summed E-state index contributed by atoms with van der Waals surface area (Å²) < 4.78 is 5.84. The average Bonchev–Trinajstić information content (AvgIpc) is 2.69. The van der Waals surface area contributed by atoms with Gasteiger partial charge in [0.2, 0.25) is 0 Å². The normalized spacial score (nSPS) is 14.4. The lowest BCUT2D eigenvalue weighted by molar-refractivity contribution is 0.322. The third kappa shape index (κ3) is 2.55. The highest BCUT2D eigenvalue weighted by Crippen LogP contribution is 2.37. The molecule has 2 aromatic rings. The Morgan fingerprint density at radius 1 is 1.15 bits per heavy atom. The van der Waals surface area contributed by atoms with Crippen LogP contribution < -0.4 is 9.64 Å². The Morgan fingerprint density at radius 3 is 2.80 bits per heavy atom. The Hall–Kier alpha value is -1.48. The van der Waals surface area contributed by atoms with Gasteiger partial charge in [-0.05, 0) is 42.7 Å². The Morgan fingerprint density at radius 2 is 2.00 bits per heavy atom. The van der Waals surface area contributed by atoms with Crippen LogP contribution in [-0.2, 0) is 5.33 Å². The molecule has 0 spiro atoms. The number of para-hydroxylation sites is 2. The molecule has 104 valence electrons. The van der Waals surface area contributed by atoms with Gasteiger partial charge in [-0.2, -0.15) is 0 Å². The minimum Gasteiger partial charge on any atom is -0.491 e. The highest BCUT2D eigenvalue weighted by molar-refractivity contribution is 9.08. The number of halogens is 1. The lowest BCUT2D eigenvalue weighted by Crippen LogP contribution is -2.18. The molecule has 0 amide bonds. The van der Waals surface area contributed by atoms with Crippen molar-refractivity contribution in [1.82, 2.24) is 0 Å². The second kappa shape index (κ2) is 5.88. The molecule has 3 rings (SSSR count). The second-order valence-electron chi connectivity index (χ2n) is 5.08. The number of rotatable bonds is 2. The zero-order chi connectivity index (χ0) is 13.9. The van der Waals surface area contributed by atoms with Crippen molar-refractivity contribution in [3.63, 3.8) is 0 Å². The molecule has 0 saturated heterocycles. The molecule has 1 aliphatic heterocycles. The number of fused-ring (bicyclic) bond motifs is 1. The molecule has 20 heavy (non-hydrogen) atoms. The van der Waals surface area contributed by atoms with Gasteiger partial charge in [-0.25, -0.2) is 0 Å². The fraction of sp³-hybridized carbons (Fsp3) is 0.294. The van der Waals surface area contributed by atoms with Gasteiger partial charge in [0.25, 0.3) is 0 Å². The highest BCUT2D eigenvalue weighted by Gasteiger charge is 2.18. The summed E-state index contributed by atoms with van der Waals surface area (Å²) in [4.78, 5) is 2.37. The van der Waals surface area contributed by atoms with Crippen LogP contribution in [0.25, 0.3) is 0 Å². The number of hydrogen-bond donors (Lipinski definition) is 0. The summed E-state index contributed by atoms with van der Waals surface area (Å²) in [6, 6.07) is 14.9. The van der Waals surface area contributed by atoms with Crippen LogP contribution >= 0.6 is 15.9 Å². The third-order valence-corrected chi connectivity index (χ3v) is 4.29. The first-order chi connectivity index (χ1) is 9.79. The lowest BCUT2D eigenvalue weighted by Gasteiger charge is -2.26. The van der Waals surface area contributed by atoms with E-state index in [0.29, 0.717) is 0 Å². The molecule has 2 nitrogen and oxygen atoms in total. The van der Waals surface area contributed by atoms with E-state index in [-0.39, 0.29) is 0 Å². The van der Waals surface area contributed by atoms with E-state index in [0.717, 1.165) is 30.7 Å². The number of anilines is 2. The van der Waals surface area contributed by atoms with Crippen molar-refractivity contribution in [2.24, 2.45) is 0 Å². The van der Waals surface area contributed by atoms with E-state index < -0.39 is 0 Å². The zero-order valence-corrected chi connectivity index (χ0v) is 13.2. The summed E-state index contributed by atoms with van der Waals surface area (Å²) in [6.07, 6.45) is 1.04. The summed E-state index contributed by atoms with van der Waals surface area (Å²) in [5.74, 6) is 0.981. The number of ether oxygens (including phenoxy) is 1. The monoisotopic (exact) mass is 331 g/mol. The maximum absolute atomic E-state index is 5.84. The van der Waals surface area contributed by atoms with Crippen LogP contribution in [0.5, 0.6) is 5.75 Å². The predicted molar refractivity (Wildman–Crippen MR) is 87.4 cm³/mol. The SMILES string of the molecule is Cc1cc(CBr)ccc1N1CCCOc2ccccc21. The van der Waals surface area contributed by atoms with Crippen molar-refractivity contribution in [3.05, 3.63) is 53.6 Å². The third-order valence-electron chi connectivity index (χ3n) is 3.65. The van der Waals surface area contributed by atoms with E-state index in [1.807, 2.05) is 6.07 Å². The van der Waals surface area contributed by atoms with Crippen LogP contribution in [0.2, 0.25) is 0 Å². The molecule has 1 aliphatic rings. The van der Waals surface area contributed by atoms with E-state index in [9.17, 15) is 0 Å². The van der Waals surface area contributed by atoms with E-state index in [1.54, 1.807) is 0 Å². The molecule has 0 bridgehead atoms. The smallest absolute Gasteiger partial charge is 0.142 e. The van der Waals surface area contributed by atoms with Gasteiger partial charge in [0, 0.05) is 17.6 Å². The van der Waals surface area contributed by atoms with E-state index >= 15 is 0 Å². The first-order valence-electron chi connectivity index (χ1n) is 6.94. The first kappa shape index (κ1) is 13.5. The standard InChI is InChI=1S/C17H18BrNO/c1-13-11-14(12-18)7-8-15(13)19-9-4-10-20-17-6-3-2-5-16(17)19/h2-3,5-8,11H,4,9-10,12H2,1H3. The second-order valence-corrected chi connectivity index (χ2v) is 5.64. The summed E-state index contributed by atoms with van der Waals surface area (Å²) in [5, 5.41) is 0.897. The molecule has 0 unspecified atom stereocenters. The van der Waals surface area contributed by atoms with E-state index in [1.165, 1.54) is 22.5 Å². The number of alkyl halides is 1. The van der Waals surface area contributed by atoms with Crippen LogP contribution in [0.4, 0.5) is 11.4 Å². The van der Waals surface area contributed by atoms with E-state index in [2.05, 4.69) is 64.2 Å². The van der Waals surface area contributed by atoms with Gasteiger partial charge in [0.05, 0.1) is 12.3 Å². The summed E-state index contributed by atoms with van der Waals surface area (Å²) in [5.41, 5.74) is 5.05. The Balaban J connectivity index is 2.05. The van der Waals surface area contributed by atoms with Crippen molar-refractivity contribution in [3.8, 4) is 5.75 Å². The molecule has 0 N–H and O–H groups in total. The molecular formula is C17H18BrNO. The number of benzene rings is 2. The molecule has 0 fully saturated rings. The van der Waals surface area contributed by atoms with Crippen molar-refractivity contribution in [1.29, 1.82) is 0 Å². The van der Waals surface area contributed by atoms with E-state index in [4.69, 9.17) is 4.74 Å². The molecule has 0 saturated carbocycles. The summed E-state index contributed by atoms with van der Waals surface area (Å²) in [6.45, 7) is 3.95. The van der Waals surface area contributed by atoms with Crippen molar-refractivity contribution in [2.45, 2.75) is 18.7 Å². The Labute approximate surface area is 128 Å². The van der Waals surface area contributed by atoms with Gasteiger partial charge in [-0.15, -0.1) is 0 Å². The number of hydrogen-bond acceptors (Lipinski definition) is 2. The minimum absolute atomic E-state index is 0.784. The quantitative estimate of drug-likeness (QED) is 0.732. The van der Waals surface area contributed by atoms with Crippen LogP contribution in [0, 0.1) is 6.92 Å². The minimum atomic E-state index is 0.784. The van der Waals surface area contributed by atoms with Crippen LogP contribution in [-0.4, -0.2) is 13.2 Å². The average molecular weight is 332 g/mol. The zero-order valence-electron chi connectivity index (χ0n) is 11.6. The van der Waals surface area contributed by atoms with Crippen LogP contribution in [0.15, 0.2) is 42.5 Å². The van der Waals surface area contributed by atoms with Crippen molar-refractivity contribution in [2.75, 3.05) is 18.1 Å². The van der Waals surface area contributed by atoms with Gasteiger partial charge in [0.15, 0.2) is 0 Å². The predicted octanol–water partition coefficient (Wildman–Crippen LogP) is 4.81. The molecule has 0 atom stereocenters. The first-order valence-corrected chi connectivity index (χ1v) is 8.06. The largest absolute Gasteiger partial charge is 0.491 e. The fourth-order valence-electron chi connectivity index (χ4n) is 2.68. The van der Waals surface area contributed by atoms with Gasteiger partial charge >= 0.3 is 0 Å². The maximum atomic E-state index is 5.84. The molecule has 3 heteroatoms. The molecule has 0 radical (unpaired) electrons. The van der Waals surface area contributed by atoms with Crippen LogP contribution in [0.1, 0.15) is 17.5 Å². The van der Waals surface area contributed by atoms with Gasteiger partial charge in [-0.3, -0.25) is 0 Å². The topological polar surface area (TPSA) is 12.5 Å². The number of aryl methyl sites for hydroxylation is 1. The van der Waals surface area contributed by atoms with Gasteiger partial charge < -0.3 is 9.64 Å². The molecular weight excluding hydrogens is 314 g/mol. The number of nitrogens with zero attached hydrogens (tertiary/aromatic N) is 1. The maximum Gasteiger partial charge on any atom is 0.142 e. The van der Waals surface area contributed by atoms with Crippen molar-refractivity contribution >= 4 is 27.3 Å². The molecule has 2 aromatic carbocycles. The Bertz CT molecular complexity index is 612. The molecule has 0 aliphatic carbocycles. The molecule has 0 aromatic heterocycles. The highest BCUT2D eigenvalue weighted by atomic mass is 79.9. The summed E-state index contributed by atoms with van der Waals surface area (Å²) in [7, 11) is 0. The summed E-state index contributed by atoms with van der Waals surface area (Å²) >= 11 is 3.52. The Kier molecular flexibility index (Phi) is 3.97. The van der Waals surface area contributed by atoms with Crippen molar-refractivity contribution < 1.29 is 4.74 Å². The van der Waals surface area contributed by atoms with Gasteiger partial charge in [-0.1, -0.05) is 40.2 Å².